The van der Waals surface area contributed by atoms with Gasteiger partial charge in [-0.05, 0) is 0 Å². The Morgan fingerprint density at radius 2 is 1.76 bits per heavy atom. The number of aromatic nitrogens is 8. The van der Waals surface area contributed by atoms with Crippen LogP contribution in [0.15, 0.2) is 23.8 Å². The van der Waals surface area contributed by atoms with E-state index in [2.05, 4.69) is 29.9 Å². The highest BCUT2D eigenvalue weighted by molar-refractivity contribution is 7.47. The maximum absolute atomic E-state index is 15.4. The molecule has 46 heavy (non-hydrogen) atoms. The molecule has 0 spiro atoms. The summed E-state index contributed by atoms with van der Waals surface area (Å²) in [6.07, 6.45) is -10.0. The Labute approximate surface area is 255 Å². The monoisotopic (exact) mass is 692 g/mol. The summed E-state index contributed by atoms with van der Waals surface area (Å²) >= 11 is 0. The van der Waals surface area contributed by atoms with Crippen LogP contribution in [0.5, 0.6) is 0 Å². The third kappa shape index (κ3) is 6.02. The maximum Gasteiger partial charge on any atom is 0.472 e. The van der Waals surface area contributed by atoms with Crippen molar-refractivity contribution in [3.8, 4) is 0 Å². The molecule has 0 radical (unpaired) electrons. The smallest absolute Gasteiger partial charge is 0.394 e. The van der Waals surface area contributed by atoms with Gasteiger partial charge in [-0.25, -0.2) is 28.9 Å². The number of hydrogen-bond donors (Lipinski definition) is 7. The molecule has 0 aliphatic carbocycles. The summed E-state index contributed by atoms with van der Waals surface area (Å²) in [6.45, 7) is -1.67. The second kappa shape index (κ2) is 12.6. The number of phosphoric ester groups is 1. The third-order valence-electron chi connectivity index (χ3n) is 7.20. The number of aromatic amines is 1. The van der Waals surface area contributed by atoms with Crippen LogP contribution in [0.2, 0.25) is 0 Å². The molecule has 9 N–H and O–H groups in total. The first-order chi connectivity index (χ1) is 21.9. The number of nitrogens with two attached hydrogens (primary N) is 2. The van der Waals surface area contributed by atoms with E-state index in [0.29, 0.717) is 0 Å². The van der Waals surface area contributed by atoms with Gasteiger partial charge in [-0.2, -0.15) is 4.98 Å². The summed E-state index contributed by atoms with van der Waals surface area (Å²) in [5, 5.41) is 20.7. The van der Waals surface area contributed by atoms with Crippen molar-refractivity contribution in [2.45, 2.75) is 49.1 Å². The molecule has 4 aromatic rings. The lowest BCUT2D eigenvalue weighted by molar-refractivity contribution is -0.0648. The fourth-order valence-corrected chi connectivity index (χ4v) is 6.43. The summed E-state index contributed by atoms with van der Waals surface area (Å²) in [6, 6.07) is 0. The molecule has 2 aliphatic heterocycles. The molecule has 2 aliphatic rings. The zero-order valence-corrected chi connectivity index (χ0v) is 25.0. The SMILES string of the molecule is Nc1nc2c(ncn2[C@@H]2O[C@H](CO)C(F)C2OP(=O)(O)OC[C@H]2O[C@@H](n3cnc4c(N)ncnc43)C(O)C2OC[PH](=O)O)c(=O)[nH]1. The van der Waals surface area contributed by atoms with Crippen molar-refractivity contribution in [1.82, 2.24) is 39.0 Å². The van der Waals surface area contributed by atoms with Crippen LogP contribution >= 0.6 is 15.9 Å². The Kier molecular flexibility index (Phi) is 8.91. The van der Waals surface area contributed by atoms with Gasteiger partial charge in [-0.1, -0.05) is 0 Å². The van der Waals surface area contributed by atoms with E-state index in [0.717, 1.165) is 17.2 Å². The summed E-state index contributed by atoms with van der Waals surface area (Å²) in [5.41, 5.74) is 10.7. The molecule has 22 nitrogen and oxygen atoms in total. The molecular weight excluding hydrogens is 665 g/mol. The second-order valence-corrected chi connectivity index (χ2v) is 12.6. The number of rotatable bonds is 11. The summed E-state index contributed by atoms with van der Waals surface area (Å²) < 4.78 is 69.3. The Morgan fingerprint density at radius 1 is 1.07 bits per heavy atom. The van der Waals surface area contributed by atoms with Gasteiger partial charge >= 0.3 is 7.82 Å². The molecule has 6 unspecified atom stereocenters. The molecule has 6 rings (SSSR count). The van der Waals surface area contributed by atoms with E-state index in [1.165, 1.54) is 10.9 Å². The highest BCUT2D eigenvalue weighted by atomic mass is 31.2. The number of fused-ring (bicyclic) bond motifs is 2. The van der Waals surface area contributed by atoms with Crippen molar-refractivity contribution in [3.05, 3.63) is 29.3 Å². The number of ether oxygens (including phenoxy) is 3. The number of H-pyrrole nitrogens is 1. The molecule has 6 heterocycles. The number of alkyl halides is 1. The van der Waals surface area contributed by atoms with Gasteiger partial charge in [-0.3, -0.25) is 32.5 Å². The van der Waals surface area contributed by atoms with E-state index in [1.807, 2.05) is 0 Å². The van der Waals surface area contributed by atoms with Gasteiger partial charge in [0.05, 0.1) is 25.9 Å². The van der Waals surface area contributed by atoms with E-state index in [1.54, 1.807) is 0 Å². The van der Waals surface area contributed by atoms with Crippen LogP contribution in [-0.4, -0.2) is 115 Å². The third-order valence-corrected chi connectivity index (χ3v) is 8.59. The van der Waals surface area contributed by atoms with E-state index in [4.69, 9.17) is 34.7 Å². The molecule has 2 fully saturated rings. The maximum atomic E-state index is 15.4. The topological polar surface area (TPSA) is 320 Å². The van der Waals surface area contributed by atoms with E-state index < -0.39 is 90.1 Å². The van der Waals surface area contributed by atoms with Crippen molar-refractivity contribution < 1.29 is 56.8 Å². The highest BCUT2D eigenvalue weighted by Crippen LogP contribution is 2.50. The normalized spacial score (nSPS) is 30.3. The summed E-state index contributed by atoms with van der Waals surface area (Å²) in [7, 11) is -8.40. The van der Waals surface area contributed by atoms with E-state index in [-0.39, 0.29) is 34.1 Å². The zero-order valence-electron chi connectivity index (χ0n) is 23.1. The molecular formula is C21H27FN10O12P2. The number of imidazole rings is 2. The molecule has 2 saturated heterocycles. The number of aliphatic hydroxyl groups excluding tert-OH is 2. The Bertz CT molecular complexity index is 1880. The molecule has 0 saturated carbocycles. The number of halogens is 1. The predicted octanol–water partition coefficient (Wildman–Crippen LogP) is -2.08. The molecule has 4 aromatic heterocycles. The molecule has 25 heteroatoms. The Morgan fingerprint density at radius 3 is 2.48 bits per heavy atom. The minimum Gasteiger partial charge on any atom is -0.394 e. The first kappa shape index (κ1) is 32.5. The zero-order chi connectivity index (χ0) is 32.9. The number of nitrogen functional groups attached to an aromatic ring is 2. The van der Waals surface area contributed by atoms with Crippen molar-refractivity contribution in [2.24, 2.45) is 0 Å². The quantitative estimate of drug-likeness (QED) is 0.0829. The van der Waals surface area contributed by atoms with Crippen LogP contribution in [-0.2, 0) is 32.4 Å². The Balaban J connectivity index is 1.22. The number of aliphatic hydroxyl groups is 2. The largest absolute Gasteiger partial charge is 0.472 e. The van der Waals surface area contributed by atoms with Crippen molar-refractivity contribution in [2.75, 3.05) is 31.0 Å². The first-order valence-electron chi connectivity index (χ1n) is 13.3. The van der Waals surface area contributed by atoms with Crippen molar-refractivity contribution >= 4 is 49.9 Å². The molecule has 10 atom stereocenters. The van der Waals surface area contributed by atoms with Gasteiger partial charge in [-0.15, -0.1) is 0 Å². The van der Waals surface area contributed by atoms with Crippen LogP contribution in [0.3, 0.4) is 0 Å². The van der Waals surface area contributed by atoms with Crippen LogP contribution < -0.4 is 17.0 Å². The molecule has 0 aromatic carbocycles. The van der Waals surface area contributed by atoms with Crippen LogP contribution in [0, 0.1) is 0 Å². The van der Waals surface area contributed by atoms with Gasteiger partial charge in [0.2, 0.25) is 14.0 Å². The van der Waals surface area contributed by atoms with Crippen LogP contribution in [0.25, 0.3) is 22.3 Å². The van der Waals surface area contributed by atoms with E-state index >= 15 is 4.39 Å². The average Bonchev–Trinajstić information content (AvgIpc) is 3.76. The first-order valence-corrected chi connectivity index (χ1v) is 16.3. The standard InChI is InChI=1S/C21H27FN10O12P2/c22-9-7(1-33)42-20(32-5-28-11-17(32)29-21(24)30-18(11)35)14(9)44-46(38,39)41-2-8-13(40-6-45(36)37)12(34)19(43-8)31-4-27-10-15(23)25-3-26-16(10)31/h3-5,7-9,12-14,19-20,33-34,45H,1-2,6H2,(H,36,37)(H,38,39)(H2,23,25,26)(H3,24,29,30,35)/t7-,8-,9?,12?,13?,14?,19-,20-/m1/s1. The average molecular weight is 692 g/mol. The number of anilines is 2. The van der Waals surface area contributed by atoms with Crippen LogP contribution in [0.4, 0.5) is 16.2 Å². The Hall–Kier alpha value is -3.47. The van der Waals surface area contributed by atoms with Crippen molar-refractivity contribution in [3.63, 3.8) is 0 Å². The fourth-order valence-electron chi connectivity index (χ4n) is 5.17. The van der Waals surface area contributed by atoms with Gasteiger partial charge in [0.15, 0.2) is 41.3 Å². The lowest BCUT2D eigenvalue weighted by atomic mass is 10.1. The summed E-state index contributed by atoms with van der Waals surface area (Å²) in [4.78, 5) is 54.3. The predicted molar refractivity (Wildman–Crippen MR) is 150 cm³/mol. The molecule has 0 amide bonds. The number of hydrogen-bond acceptors (Lipinski definition) is 17. The second-order valence-electron chi connectivity index (χ2n) is 10.1. The number of nitrogens with one attached hydrogen (secondary N) is 1. The lowest BCUT2D eigenvalue weighted by Crippen LogP contribution is -2.37. The number of phosphoric acid groups is 1. The minimum atomic E-state index is -5.22. The highest BCUT2D eigenvalue weighted by Gasteiger charge is 2.52. The lowest BCUT2D eigenvalue weighted by Gasteiger charge is -2.25. The fraction of sp³-hybridized carbons (Fsp3) is 0.524. The number of nitrogens with zero attached hydrogens (tertiary/aromatic N) is 7. The summed E-state index contributed by atoms with van der Waals surface area (Å²) in [5.74, 6) is -0.263. The van der Waals surface area contributed by atoms with Gasteiger partial charge < -0.3 is 45.7 Å². The van der Waals surface area contributed by atoms with Gasteiger partial charge in [0.1, 0.15) is 48.7 Å². The minimum absolute atomic E-state index is 0.0414. The molecule has 0 bridgehead atoms. The van der Waals surface area contributed by atoms with E-state index in [9.17, 15) is 33.9 Å². The van der Waals surface area contributed by atoms with Crippen molar-refractivity contribution in [1.29, 1.82) is 0 Å². The van der Waals surface area contributed by atoms with Gasteiger partial charge in [0.25, 0.3) is 5.56 Å². The van der Waals surface area contributed by atoms with Gasteiger partial charge in [0, 0.05) is 0 Å². The molecule has 250 valence electrons. The van der Waals surface area contributed by atoms with Crippen LogP contribution in [0.1, 0.15) is 12.5 Å².